The number of unbranched alkanes of at least 4 members (excludes halogenated alkanes) is 1. The van der Waals surface area contributed by atoms with Crippen molar-refractivity contribution in [3.8, 4) is 5.75 Å². The van der Waals surface area contributed by atoms with E-state index in [1.807, 2.05) is 6.92 Å². The molecular formula is C15H17FN2O3. The summed E-state index contributed by atoms with van der Waals surface area (Å²) in [5.74, 6) is -0.408. The average molecular weight is 292 g/mol. The van der Waals surface area contributed by atoms with Gasteiger partial charge < -0.3 is 14.5 Å². The highest BCUT2D eigenvalue weighted by atomic mass is 19.1. The van der Waals surface area contributed by atoms with Crippen LogP contribution in [0.1, 0.15) is 36.1 Å². The standard InChI is InChI=1S/C15H17FN2O3/c1-2-3-8-17-15(19)12-9-21-14(18-12)10-20-13-7-5-4-6-11(13)16/h4-7,9H,2-3,8,10H2,1H3,(H,17,19). The van der Waals surface area contributed by atoms with Gasteiger partial charge in [0.05, 0.1) is 0 Å². The molecule has 0 radical (unpaired) electrons. The fourth-order valence-corrected chi connectivity index (χ4v) is 1.65. The SMILES string of the molecule is CCCCNC(=O)c1coc(COc2ccccc2F)n1. The fraction of sp³-hybridized carbons (Fsp3) is 0.333. The smallest absolute Gasteiger partial charge is 0.273 e. The summed E-state index contributed by atoms with van der Waals surface area (Å²) in [5.41, 5.74) is 0.193. The Balaban J connectivity index is 1.88. The number of hydrogen-bond donors (Lipinski definition) is 1. The van der Waals surface area contributed by atoms with Crippen LogP contribution >= 0.6 is 0 Å². The van der Waals surface area contributed by atoms with Crippen molar-refractivity contribution in [2.75, 3.05) is 6.54 Å². The first-order chi connectivity index (χ1) is 10.2. The summed E-state index contributed by atoms with van der Waals surface area (Å²) in [6.07, 6.45) is 3.18. The predicted octanol–water partition coefficient (Wildman–Crippen LogP) is 2.92. The second kappa shape index (κ2) is 7.42. The minimum atomic E-state index is -0.457. The van der Waals surface area contributed by atoms with Crippen molar-refractivity contribution in [3.05, 3.63) is 47.9 Å². The molecule has 1 aromatic carbocycles. The summed E-state index contributed by atoms with van der Waals surface area (Å²) in [5, 5.41) is 2.73. The summed E-state index contributed by atoms with van der Waals surface area (Å²) in [7, 11) is 0. The molecule has 0 aliphatic rings. The largest absolute Gasteiger partial charge is 0.481 e. The number of nitrogens with one attached hydrogen (secondary N) is 1. The molecule has 2 rings (SSSR count). The van der Waals surface area contributed by atoms with Crippen molar-refractivity contribution in [1.29, 1.82) is 0 Å². The van der Waals surface area contributed by atoms with Crippen molar-refractivity contribution in [2.24, 2.45) is 0 Å². The number of nitrogens with zero attached hydrogens (tertiary/aromatic N) is 1. The van der Waals surface area contributed by atoms with Gasteiger partial charge in [-0.3, -0.25) is 4.79 Å². The normalized spacial score (nSPS) is 10.4. The first-order valence-corrected chi connectivity index (χ1v) is 6.80. The van der Waals surface area contributed by atoms with Crippen molar-refractivity contribution >= 4 is 5.91 Å². The zero-order chi connectivity index (χ0) is 15.1. The van der Waals surface area contributed by atoms with Crippen LogP contribution in [0.25, 0.3) is 0 Å². The fourth-order valence-electron chi connectivity index (χ4n) is 1.65. The third-order valence-electron chi connectivity index (χ3n) is 2.79. The maximum Gasteiger partial charge on any atom is 0.273 e. The van der Waals surface area contributed by atoms with E-state index in [1.54, 1.807) is 12.1 Å². The van der Waals surface area contributed by atoms with Crippen LogP contribution in [0.15, 0.2) is 34.9 Å². The van der Waals surface area contributed by atoms with E-state index in [0.717, 1.165) is 12.8 Å². The number of amides is 1. The average Bonchev–Trinajstić information content (AvgIpc) is 2.95. The number of halogens is 1. The summed E-state index contributed by atoms with van der Waals surface area (Å²) >= 11 is 0. The molecule has 0 aliphatic carbocycles. The highest BCUT2D eigenvalue weighted by molar-refractivity contribution is 5.91. The van der Waals surface area contributed by atoms with Crippen molar-refractivity contribution in [1.82, 2.24) is 10.3 Å². The molecule has 0 bridgehead atoms. The zero-order valence-corrected chi connectivity index (χ0v) is 11.8. The molecular weight excluding hydrogens is 275 g/mol. The maximum absolute atomic E-state index is 13.4. The number of benzene rings is 1. The Morgan fingerprint density at radius 3 is 3.00 bits per heavy atom. The van der Waals surface area contributed by atoms with Crippen LogP contribution in [-0.4, -0.2) is 17.4 Å². The molecule has 0 aliphatic heterocycles. The van der Waals surface area contributed by atoms with Gasteiger partial charge in [0, 0.05) is 6.54 Å². The number of carbonyl (C=O) groups is 1. The molecule has 0 spiro atoms. The number of para-hydroxylation sites is 1. The van der Waals surface area contributed by atoms with Gasteiger partial charge in [-0.15, -0.1) is 0 Å². The summed E-state index contributed by atoms with van der Waals surface area (Å²) in [4.78, 5) is 15.7. The minimum absolute atomic E-state index is 0.0385. The molecule has 21 heavy (non-hydrogen) atoms. The van der Waals surface area contributed by atoms with Crippen LogP contribution in [0.2, 0.25) is 0 Å². The van der Waals surface area contributed by atoms with E-state index in [2.05, 4.69) is 10.3 Å². The number of oxazole rings is 1. The van der Waals surface area contributed by atoms with E-state index in [1.165, 1.54) is 18.4 Å². The molecule has 0 unspecified atom stereocenters. The van der Waals surface area contributed by atoms with E-state index in [-0.39, 0.29) is 29.8 Å². The van der Waals surface area contributed by atoms with Gasteiger partial charge >= 0.3 is 0 Å². The molecule has 112 valence electrons. The van der Waals surface area contributed by atoms with E-state index in [4.69, 9.17) is 9.15 Å². The second-order valence-electron chi connectivity index (χ2n) is 4.46. The molecule has 2 aromatic rings. The predicted molar refractivity (Wildman–Crippen MR) is 74.5 cm³/mol. The number of aromatic nitrogens is 1. The second-order valence-corrected chi connectivity index (χ2v) is 4.46. The van der Waals surface area contributed by atoms with E-state index >= 15 is 0 Å². The van der Waals surface area contributed by atoms with Crippen LogP contribution in [0, 0.1) is 5.82 Å². The van der Waals surface area contributed by atoms with E-state index in [9.17, 15) is 9.18 Å². The van der Waals surface area contributed by atoms with Crippen molar-refractivity contribution in [3.63, 3.8) is 0 Å². The van der Waals surface area contributed by atoms with E-state index < -0.39 is 5.82 Å². The van der Waals surface area contributed by atoms with Crippen LogP contribution in [0.4, 0.5) is 4.39 Å². The first kappa shape index (κ1) is 15.0. The molecule has 0 atom stereocenters. The highest BCUT2D eigenvalue weighted by Crippen LogP contribution is 2.17. The lowest BCUT2D eigenvalue weighted by Crippen LogP contribution is -2.24. The van der Waals surface area contributed by atoms with E-state index in [0.29, 0.717) is 6.54 Å². The monoisotopic (exact) mass is 292 g/mol. The van der Waals surface area contributed by atoms with Crippen LogP contribution in [0.5, 0.6) is 5.75 Å². The number of ether oxygens (including phenoxy) is 1. The highest BCUT2D eigenvalue weighted by Gasteiger charge is 2.12. The Hall–Kier alpha value is -2.37. The van der Waals surface area contributed by atoms with Gasteiger partial charge in [0.25, 0.3) is 5.91 Å². The van der Waals surface area contributed by atoms with Crippen LogP contribution in [0.3, 0.4) is 0 Å². The number of hydrogen-bond acceptors (Lipinski definition) is 4. The molecule has 1 heterocycles. The van der Waals surface area contributed by atoms with Gasteiger partial charge in [0.2, 0.25) is 5.89 Å². The first-order valence-electron chi connectivity index (χ1n) is 6.80. The lowest BCUT2D eigenvalue weighted by Gasteiger charge is -2.03. The Bertz CT molecular complexity index is 598. The Labute approximate surface area is 122 Å². The van der Waals surface area contributed by atoms with Crippen molar-refractivity contribution < 1.29 is 18.3 Å². The quantitative estimate of drug-likeness (QED) is 0.797. The summed E-state index contributed by atoms with van der Waals surface area (Å²) < 4.78 is 23.7. The lowest BCUT2D eigenvalue weighted by molar-refractivity contribution is 0.0948. The minimum Gasteiger partial charge on any atom is -0.481 e. The van der Waals surface area contributed by atoms with Gasteiger partial charge in [0.15, 0.2) is 23.9 Å². The van der Waals surface area contributed by atoms with Gasteiger partial charge in [-0.25, -0.2) is 9.37 Å². The van der Waals surface area contributed by atoms with Crippen LogP contribution in [-0.2, 0) is 6.61 Å². The molecule has 1 N–H and O–H groups in total. The van der Waals surface area contributed by atoms with Crippen molar-refractivity contribution in [2.45, 2.75) is 26.4 Å². The number of rotatable bonds is 7. The topological polar surface area (TPSA) is 64.4 Å². The van der Waals surface area contributed by atoms with Gasteiger partial charge in [-0.1, -0.05) is 25.5 Å². The Kier molecular flexibility index (Phi) is 5.31. The summed E-state index contributed by atoms with van der Waals surface area (Å²) in [6.45, 7) is 2.60. The van der Waals surface area contributed by atoms with Gasteiger partial charge in [-0.05, 0) is 18.6 Å². The van der Waals surface area contributed by atoms with Gasteiger partial charge in [0.1, 0.15) is 6.26 Å². The zero-order valence-electron chi connectivity index (χ0n) is 11.8. The van der Waals surface area contributed by atoms with Crippen LogP contribution < -0.4 is 10.1 Å². The molecule has 1 amide bonds. The maximum atomic E-state index is 13.4. The Morgan fingerprint density at radius 1 is 1.43 bits per heavy atom. The molecule has 1 aromatic heterocycles. The third kappa shape index (κ3) is 4.30. The molecule has 6 heteroatoms. The number of carbonyl (C=O) groups excluding carboxylic acids is 1. The lowest BCUT2D eigenvalue weighted by atomic mass is 10.3. The molecule has 0 saturated heterocycles. The third-order valence-corrected chi connectivity index (χ3v) is 2.79. The molecule has 0 fully saturated rings. The Morgan fingerprint density at radius 2 is 2.24 bits per heavy atom. The van der Waals surface area contributed by atoms with Gasteiger partial charge in [-0.2, -0.15) is 0 Å². The molecule has 5 nitrogen and oxygen atoms in total. The molecule has 0 saturated carbocycles. The summed E-state index contributed by atoms with van der Waals surface area (Å²) in [6, 6.07) is 6.06.